The van der Waals surface area contributed by atoms with Crippen molar-refractivity contribution in [3.05, 3.63) is 0 Å². The Balaban J connectivity index is 1.88. The highest BCUT2D eigenvalue weighted by Crippen LogP contribution is 2.37. The summed E-state index contributed by atoms with van der Waals surface area (Å²) in [7, 11) is 0. The molecule has 2 aliphatic rings. The summed E-state index contributed by atoms with van der Waals surface area (Å²) in [5.74, 6) is 0.215. The van der Waals surface area contributed by atoms with E-state index in [2.05, 4.69) is 24.5 Å². The smallest absolute Gasteiger partial charge is 0.237 e. The number of hydrogen-bond acceptors (Lipinski definition) is 2. The largest absolute Gasteiger partial charge is 0.351 e. The molecule has 0 aromatic carbocycles. The van der Waals surface area contributed by atoms with Crippen molar-refractivity contribution in [3.63, 3.8) is 0 Å². The molecular formula is C12H22N2O. The average Bonchev–Trinajstić information content (AvgIpc) is 2.76. The SMILES string of the molecule is CC1(C)CCCC1NC(=O)[C@H]1CCCN1. The second kappa shape index (κ2) is 4.12. The Bertz CT molecular complexity index is 244. The van der Waals surface area contributed by atoms with Crippen molar-refractivity contribution >= 4 is 5.91 Å². The van der Waals surface area contributed by atoms with Crippen LogP contribution in [0.3, 0.4) is 0 Å². The fourth-order valence-electron chi connectivity index (χ4n) is 2.77. The highest BCUT2D eigenvalue weighted by atomic mass is 16.2. The van der Waals surface area contributed by atoms with Gasteiger partial charge >= 0.3 is 0 Å². The molecule has 0 aromatic rings. The van der Waals surface area contributed by atoms with Gasteiger partial charge in [-0.1, -0.05) is 20.3 Å². The molecule has 3 nitrogen and oxygen atoms in total. The number of hydrogen-bond donors (Lipinski definition) is 2. The van der Waals surface area contributed by atoms with Crippen LogP contribution in [0.15, 0.2) is 0 Å². The fraction of sp³-hybridized carbons (Fsp3) is 0.917. The van der Waals surface area contributed by atoms with E-state index in [1.807, 2.05) is 0 Å². The first kappa shape index (κ1) is 10.9. The van der Waals surface area contributed by atoms with Crippen LogP contribution in [-0.2, 0) is 4.79 Å². The molecule has 1 aliphatic heterocycles. The van der Waals surface area contributed by atoms with Gasteiger partial charge in [0.05, 0.1) is 6.04 Å². The van der Waals surface area contributed by atoms with Crippen LogP contribution in [0.25, 0.3) is 0 Å². The third-order valence-corrected chi connectivity index (χ3v) is 3.95. The van der Waals surface area contributed by atoms with Gasteiger partial charge in [0.1, 0.15) is 0 Å². The number of carbonyl (C=O) groups excluding carboxylic acids is 1. The zero-order valence-electron chi connectivity index (χ0n) is 9.81. The first-order chi connectivity index (χ1) is 7.09. The van der Waals surface area contributed by atoms with Crippen LogP contribution in [-0.4, -0.2) is 24.5 Å². The van der Waals surface area contributed by atoms with Gasteiger partial charge in [-0.15, -0.1) is 0 Å². The van der Waals surface area contributed by atoms with Crippen molar-refractivity contribution < 1.29 is 4.79 Å². The van der Waals surface area contributed by atoms with E-state index < -0.39 is 0 Å². The molecule has 1 heterocycles. The molecule has 15 heavy (non-hydrogen) atoms. The Labute approximate surface area is 92.0 Å². The van der Waals surface area contributed by atoms with Crippen molar-refractivity contribution in [2.75, 3.05) is 6.54 Å². The predicted molar refractivity (Wildman–Crippen MR) is 60.6 cm³/mol. The second-order valence-electron chi connectivity index (χ2n) is 5.59. The van der Waals surface area contributed by atoms with Crippen LogP contribution in [0.5, 0.6) is 0 Å². The molecule has 2 N–H and O–H groups in total. The molecular weight excluding hydrogens is 188 g/mol. The summed E-state index contributed by atoms with van der Waals surface area (Å²) in [5.41, 5.74) is 0.286. The molecule has 0 spiro atoms. The summed E-state index contributed by atoms with van der Waals surface area (Å²) < 4.78 is 0. The maximum absolute atomic E-state index is 11.9. The normalized spacial score (nSPS) is 34.3. The maximum Gasteiger partial charge on any atom is 0.237 e. The standard InChI is InChI=1S/C12H22N2O/c1-12(2)7-3-6-10(12)14-11(15)9-5-4-8-13-9/h9-10,13H,3-8H2,1-2H3,(H,14,15)/t9-,10?/m1/s1. The van der Waals surface area contributed by atoms with Crippen molar-refractivity contribution in [3.8, 4) is 0 Å². The maximum atomic E-state index is 11.9. The molecule has 2 atom stereocenters. The first-order valence-electron chi connectivity index (χ1n) is 6.13. The van der Waals surface area contributed by atoms with E-state index in [9.17, 15) is 4.79 Å². The molecule has 1 aliphatic carbocycles. The van der Waals surface area contributed by atoms with Gasteiger partial charge in [-0.25, -0.2) is 0 Å². The van der Waals surface area contributed by atoms with E-state index in [1.165, 1.54) is 12.8 Å². The summed E-state index contributed by atoms with van der Waals surface area (Å²) in [6.07, 6.45) is 5.75. The molecule has 2 rings (SSSR count). The molecule has 3 heteroatoms. The number of carbonyl (C=O) groups is 1. The van der Waals surface area contributed by atoms with Crippen LogP contribution in [0.1, 0.15) is 46.0 Å². The van der Waals surface area contributed by atoms with Gasteiger partial charge in [-0.05, 0) is 37.6 Å². The van der Waals surface area contributed by atoms with E-state index in [4.69, 9.17) is 0 Å². The highest BCUT2D eigenvalue weighted by molar-refractivity contribution is 5.82. The second-order valence-corrected chi connectivity index (χ2v) is 5.59. The van der Waals surface area contributed by atoms with Gasteiger partial charge in [0, 0.05) is 6.04 Å². The molecule has 0 radical (unpaired) electrons. The van der Waals surface area contributed by atoms with Gasteiger partial charge in [0.15, 0.2) is 0 Å². The zero-order valence-corrected chi connectivity index (χ0v) is 9.81. The van der Waals surface area contributed by atoms with E-state index in [0.717, 1.165) is 25.8 Å². The fourth-order valence-corrected chi connectivity index (χ4v) is 2.77. The van der Waals surface area contributed by atoms with Crippen LogP contribution < -0.4 is 10.6 Å². The molecule has 1 saturated carbocycles. The molecule has 2 fully saturated rings. The van der Waals surface area contributed by atoms with Crippen molar-refractivity contribution in [1.82, 2.24) is 10.6 Å². The summed E-state index contributed by atoms with van der Waals surface area (Å²) in [5, 5.41) is 6.46. The van der Waals surface area contributed by atoms with Crippen LogP contribution in [0.2, 0.25) is 0 Å². The zero-order chi connectivity index (χ0) is 10.9. The van der Waals surface area contributed by atoms with Crippen LogP contribution >= 0.6 is 0 Å². The Hall–Kier alpha value is -0.570. The minimum atomic E-state index is 0.0707. The quantitative estimate of drug-likeness (QED) is 0.724. The monoisotopic (exact) mass is 210 g/mol. The lowest BCUT2D eigenvalue weighted by Crippen LogP contribution is -2.48. The molecule has 1 unspecified atom stereocenters. The van der Waals surface area contributed by atoms with Crippen LogP contribution in [0, 0.1) is 5.41 Å². The van der Waals surface area contributed by atoms with E-state index >= 15 is 0 Å². The summed E-state index contributed by atoms with van der Waals surface area (Å²) in [6.45, 7) is 5.51. The van der Waals surface area contributed by atoms with Crippen molar-refractivity contribution in [2.24, 2.45) is 5.41 Å². The Morgan fingerprint density at radius 2 is 2.13 bits per heavy atom. The first-order valence-corrected chi connectivity index (χ1v) is 6.13. The molecule has 0 bridgehead atoms. The summed E-state index contributed by atoms with van der Waals surface area (Å²) >= 11 is 0. The Kier molecular flexibility index (Phi) is 3.01. The third-order valence-electron chi connectivity index (χ3n) is 3.95. The summed E-state index contributed by atoms with van der Waals surface area (Å²) in [6, 6.07) is 0.453. The third kappa shape index (κ3) is 2.33. The van der Waals surface area contributed by atoms with E-state index in [0.29, 0.717) is 6.04 Å². The van der Waals surface area contributed by atoms with E-state index in [-0.39, 0.29) is 17.4 Å². The molecule has 1 saturated heterocycles. The van der Waals surface area contributed by atoms with Gasteiger partial charge < -0.3 is 10.6 Å². The lowest BCUT2D eigenvalue weighted by Gasteiger charge is -2.28. The highest BCUT2D eigenvalue weighted by Gasteiger charge is 2.36. The van der Waals surface area contributed by atoms with Crippen molar-refractivity contribution in [1.29, 1.82) is 0 Å². The summed E-state index contributed by atoms with van der Waals surface area (Å²) in [4.78, 5) is 11.9. The molecule has 1 amide bonds. The molecule has 86 valence electrons. The van der Waals surface area contributed by atoms with Crippen LogP contribution in [0.4, 0.5) is 0 Å². The lowest BCUT2D eigenvalue weighted by atomic mass is 9.87. The van der Waals surface area contributed by atoms with Gasteiger partial charge in [-0.3, -0.25) is 4.79 Å². The lowest BCUT2D eigenvalue weighted by molar-refractivity contribution is -0.124. The van der Waals surface area contributed by atoms with Gasteiger partial charge in [0.25, 0.3) is 0 Å². The molecule has 0 aromatic heterocycles. The Morgan fingerprint density at radius 1 is 1.33 bits per heavy atom. The predicted octanol–water partition coefficient (Wildman–Crippen LogP) is 1.43. The average molecular weight is 210 g/mol. The van der Waals surface area contributed by atoms with Gasteiger partial charge in [-0.2, -0.15) is 0 Å². The number of amides is 1. The minimum absolute atomic E-state index is 0.0707. The van der Waals surface area contributed by atoms with Gasteiger partial charge in [0.2, 0.25) is 5.91 Å². The number of nitrogens with one attached hydrogen (secondary N) is 2. The number of rotatable bonds is 2. The Morgan fingerprint density at radius 3 is 2.67 bits per heavy atom. The topological polar surface area (TPSA) is 41.1 Å². The van der Waals surface area contributed by atoms with E-state index in [1.54, 1.807) is 0 Å². The minimum Gasteiger partial charge on any atom is -0.351 e. The van der Waals surface area contributed by atoms with Crippen molar-refractivity contribution in [2.45, 2.75) is 58.0 Å².